The van der Waals surface area contributed by atoms with E-state index in [1.165, 1.54) is 0 Å². The fourth-order valence-electron chi connectivity index (χ4n) is 1.63. The summed E-state index contributed by atoms with van der Waals surface area (Å²) in [7, 11) is 1.87. The predicted octanol–water partition coefficient (Wildman–Crippen LogP) is 1.55. The van der Waals surface area contributed by atoms with Crippen molar-refractivity contribution in [3.63, 3.8) is 0 Å². The van der Waals surface area contributed by atoms with E-state index in [2.05, 4.69) is 10.6 Å². The number of hydrogen-bond acceptors (Lipinski definition) is 2. The van der Waals surface area contributed by atoms with Gasteiger partial charge >= 0.3 is 0 Å². The van der Waals surface area contributed by atoms with Crippen molar-refractivity contribution in [3.8, 4) is 0 Å². The molecule has 0 unspecified atom stereocenters. The third-order valence-corrected chi connectivity index (χ3v) is 2.62. The molecule has 2 N–H and O–H groups in total. The summed E-state index contributed by atoms with van der Waals surface area (Å²) < 4.78 is 0. The second kappa shape index (κ2) is 3.59. The van der Waals surface area contributed by atoms with E-state index in [1.54, 1.807) is 0 Å². The predicted molar refractivity (Wildman–Crippen MR) is 56.5 cm³/mol. The standard InChI is InChI=1S/C10H11ClN2O/c1-12-5-7-2-6-3-10(14)13-9(6)4-8(7)11/h2,4,12H,3,5H2,1H3,(H,13,14). The summed E-state index contributed by atoms with van der Waals surface area (Å²) in [5.41, 5.74) is 2.91. The molecule has 0 fully saturated rings. The number of carbonyl (C=O) groups is 1. The average molecular weight is 211 g/mol. The largest absolute Gasteiger partial charge is 0.325 e. The zero-order chi connectivity index (χ0) is 10.1. The minimum Gasteiger partial charge on any atom is -0.325 e. The number of carbonyl (C=O) groups excluding carboxylic acids is 1. The number of halogens is 1. The molecule has 0 saturated carbocycles. The van der Waals surface area contributed by atoms with Crippen LogP contribution in [0.1, 0.15) is 11.1 Å². The summed E-state index contributed by atoms with van der Waals surface area (Å²) in [4.78, 5) is 11.1. The molecule has 14 heavy (non-hydrogen) atoms. The Morgan fingerprint density at radius 1 is 1.57 bits per heavy atom. The summed E-state index contributed by atoms with van der Waals surface area (Å²) in [6.45, 7) is 0.723. The van der Waals surface area contributed by atoms with Crippen LogP contribution in [-0.2, 0) is 17.8 Å². The molecule has 0 bridgehead atoms. The molecule has 0 aliphatic carbocycles. The Labute approximate surface area is 87.4 Å². The molecular weight excluding hydrogens is 200 g/mol. The molecule has 2 rings (SSSR count). The second-order valence-corrected chi connectivity index (χ2v) is 3.76. The fraction of sp³-hybridized carbons (Fsp3) is 0.300. The third-order valence-electron chi connectivity index (χ3n) is 2.26. The van der Waals surface area contributed by atoms with Crippen molar-refractivity contribution in [2.75, 3.05) is 12.4 Å². The van der Waals surface area contributed by atoms with Gasteiger partial charge in [-0.05, 0) is 24.2 Å². The van der Waals surface area contributed by atoms with Crippen molar-refractivity contribution < 1.29 is 4.79 Å². The number of hydrogen-bond donors (Lipinski definition) is 2. The maximum Gasteiger partial charge on any atom is 0.228 e. The number of nitrogens with one attached hydrogen (secondary N) is 2. The highest BCUT2D eigenvalue weighted by molar-refractivity contribution is 6.31. The molecule has 0 atom stereocenters. The van der Waals surface area contributed by atoms with Crippen LogP contribution in [-0.4, -0.2) is 13.0 Å². The van der Waals surface area contributed by atoms with Gasteiger partial charge < -0.3 is 10.6 Å². The molecular formula is C10H11ClN2O. The van der Waals surface area contributed by atoms with Crippen molar-refractivity contribution in [1.82, 2.24) is 5.32 Å². The molecule has 0 saturated heterocycles. The molecule has 1 aromatic carbocycles. The molecule has 1 aliphatic rings. The number of amides is 1. The van der Waals surface area contributed by atoms with Gasteiger partial charge in [0.1, 0.15) is 0 Å². The molecule has 0 aromatic heterocycles. The van der Waals surface area contributed by atoms with E-state index in [9.17, 15) is 4.79 Å². The van der Waals surface area contributed by atoms with Crippen molar-refractivity contribution in [2.24, 2.45) is 0 Å². The molecule has 1 heterocycles. The Hall–Kier alpha value is -1.06. The Morgan fingerprint density at radius 2 is 2.36 bits per heavy atom. The first-order valence-corrected chi connectivity index (χ1v) is 4.84. The number of fused-ring (bicyclic) bond motifs is 1. The van der Waals surface area contributed by atoms with Gasteiger partial charge in [-0.1, -0.05) is 17.7 Å². The van der Waals surface area contributed by atoms with Crippen LogP contribution >= 0.6 is 11.6 Å². The van der Waals surface area contributed by atoms with Gasteiger partial charge in [0.05, 0.1) is 6.42 Å². The highest BCUT2D eigenvalue weighted by Crippen LogP contribution is 2.29. The van der Waals surface area contributed by atoms with E-state index in [0.29, 0.717) is 11.4 Å². The van der Waals surface area contributed by atoms with Crippen LogP contribution in [0.4, 0.5) is 5.69 Å². The topological polar surface area (TPSA) is 41.1 Å². The smallest absolute Gasteiger partial charge is 0.228 e. The van der Waals surface area contributed by atoms with Crippen LogP contribution in [0.2, 0.25) is 5.02 Å². The van der Waals surface area contributed by atoms with Crippen LogP contribution in [0.3, 0.4) is 0 Å². The SMILES string of the molecule is CNCc1cc2c(cc1Cl)NC(=O)C2. The zero-order valence-electron chi connectivity index (χ0n) is 7.86. The molecule has 1 aromatic rings. The molecule has 74 valence electrons. The summed E-state index contributed by atoms with van der Waals surface area (Å²) in [6, 6.07) is 3.79. The number of benzene rings is 1. The monoisotopic (exact) mass is 210 g/mol. The first kappa shape index (κ1) is 9.49. The lowest BCUT2D eigenvalue weighted by atomic mass is 10.1. The zero-order valence-corrected chi connectivity index (χ0v) is 8.61. The fourth-order valence-corrected chi connectivity index (χ4v) is 1.86. The first-order chi connectivity index (χ1) is 6.70. The van der Waals surface area contributed by atoms with E-state index >= 15 is 0 Å². The molecule has 0 radical (unpaired) electrons. The Kier molecular flexibility index (Phi) is 2.44. The minimum atomic E-state index is 0.0395. The van der Waals surface area contributed by atoms with Crippen LogP contribution in [0.25, 0.3) is 0 Å². The normalized spacial score (nSPS) is 14.0. The maximum atomic E-state index is 11.1. The summed E-state index contributed by atoms with van der Waals surface area (Å²) in [5.74, 6) is 0.0395. The highest BCUT2D eigenvalue weighted by atomic mass is 35.5. The summed E-state index contributed by atoms with van der Waals surface area (Å²) in [5, 5.41) is 6.50. The number of rotatable bonds is 2. The quantitative estimate of drug-likeness (QED) is 0.778. The van der Waals surface area contributed by atoms with Crippen LogP contribution in [0, 0.1) is 0 Å². The van der Waals surface area contributed by atoms with Crippen LogP contribution in [0.5, 0.6) is 0 Å². The molecule has 1 aliphatic heterocycles. The van der Waals surface area contributed by atoms with Gasteiger partial charge in [-0.3, -0.25) is 4.79 Å². The second-order valence-electron chi connectivity index (χ2n) is 3.36. The molecule has 0 spiro atoms. The highest BCUT2D eigenvalue weighted by Gasteiger charge is 2.18. The van der Waals surface area contributed by atoms with E-state index < -0.39 is 0 Å². The van der Waals surface area contributed by atoms with E-state index in [4.69, 9.17) is 11.6 Å². The van der Waals surface area contributed by atoms with Gasteiger partial charge in [0.2, 0.25) is 5.91 Å². The van der Waals surface area contributed by atoms with Gasteiger partial charge in [0.15, 0.2) is 0 Å². The Balaban J connectivity index is 2.39. The maximum absolute atomic E-state index is 11.1. The lowest BCUT2D eigenvalue weighted by Gasteiger charge is -2.06. The van der Waals surface area contributed by atoms with Crippen molar-refractivity contribution >= 4 is 23.2 Å². The van der Waals surface area contributed by atoms with Crippen molar-refractivity contribution in [3.05, 3.63) is 28.3 Å². The van der Waals surface area contributed by atoms with Gasteiger partial charge in [-0.15, -0.1) is 0 Å². The van der Waals surface area contributed by atoms with E-state index in [1.807, 2.05) is 19.2 Å². The van der Waals surface area contributed by atoms with Crippen molar-refractivity contribution in [2.45, 2.75) is 13.0 Å². The molecule has 3 nitrogen and oxygen atoms in total. The van der Waals surface area contributed by atoms with Gasteiger partial charge in [0, 0.05) is 17.3 Å². The third kappa shape index (κ3) is 1.61. The Bertz CT molecular complexity index is 390. The lowest BCUT2D eigenvalue weighted by Crippen LogP contribution is -2.05. The summed E-state index contributed by atoms with van der Waals surface area (Å²) in [6.07, 6.45) is 0.462. The van der Waals surface area contributed by atoms with Gasteiger partial charge in [0.25, 0.3) is 0 Å². The average Bonchev–Trinajstić information content (AvgIpc) is 2.45. The van der Waals surface area contributed by atoms with Gasteiger partial charge in [-0.2, -0.15) is 0 Å². The van der Waals surface area contributed by atoms with Crippen LogP contribution in [0.15, 0.2) is 12.1 Å². The van der Waals surface area contributed by atoms with Crippen molar-refractivity contribution in [1.29, 1.82) is 0 Å². The lowest BCUT2D eigenvalue weighted by molar-refractivity contribution is -0.115. The molecule has 4 heteroatoms. The first-order valence-electron chi connectivity index (χ1n) is 4.46. The minimum absolute atomic E-state index is 0.0395. The van der Waals surface area contributed by atoms with Crippen LogP contribution < -0.4 is 10.6 Å². The van der Waals surface area contributed by atoms with E-state index in [0.717, 1.165) is 23.4 Å². The van der Waals surface area contributed by atoms with E-state index in [-0.39, 0.29) is 5.91 Å². The Morgan fingerprint density at radius 3 is 3.07 bits per heavy atom. The number of anilines is 1. The summed E-state index contributed by atoms with van der Waals surface area (Å²) >= 11 is 6.04. The molecule has 1 amide bonds. The van der Waals surface area contributed by atoms with Gasteiger partial charge in [-0.25, -0.2) is 0 Å².